The summed E-state index contributed by atoms with van der Waals surface area (Å²) in [6.45, 7) is 3.67. The highest BCUT2D eigenvalue weighted by atomic mass is 14.9. The van der Waals surface area contributed by atoms with Crippen LogP contribution < -0.4 is 5.32 Å². The summed E-state index contributed by atoms with van der Waals surface area (Å²) in [5.41, 5.74) is 0.729. The van der Waals surface area contributed by atoms with Crippen LogP contribution in [0.15, 0.2) is 0 Å². The molecule has 3 aliphatic carbocycles. The highest BCUT2D eigenvalue weighted by molar-refractivity contribution is 4.95. The van der Waals surface area contributed by atoms with Gasteiger partial charge in [0.25, 0.3) is 0 Å². The molecule has 3 fully saturated rings. The van der Waals surface area contributed by atoms with Crippen molar-refractivity contribution in [3.05, 3.63) is 0 Å². The Morgan fingerprint density at radius 1 is 1.06 bits per heavy atom. The molecule has 0 aliphatic heterocycles. The van der Waals surface area contributed by atoms with Crippen LogP contribution in [-0.2, 0) is 0 Å². The quantitative estimate of drug-likeness (QED) is 0.746. The summed E-state index contributed by atoms with van der Waals surface area (Å²) in [5.74, 6) is 2.22. The fraction of sp³-hybridized carbons (Fsp3) is 1.00. The van der Waals surface area contributed by atoms with E-state index in [1.165, 1.54) is 64.3 Å². The van der Waals surface area contributed by atoms with E-state index in [9.17, 15) is 0 Å². The predicted octanol–water partition coefficient (Wildman–Crippen LogP) is 3.74. The molecule has 16 heavy (non-hydrogen) atoms. The average Bonchev–Trinajstić information content (AvgIpc) is 3.20. The standard InChI is InChI=1S/C15H27N/c1-2-15(8-9-15)11-16-14-5-3-4-13(10-14)12-6-7-12/h12-14,16H,2-11H2,1H3. The lowest BCUT2D eigenvalue weighted by Crippen LogP contribution is -2.38. The van der Waals surface area contributed by atoms with Crippen LogP contribution in [0.2, 0.25) is 0 Å². The van der Waals surface area contributed by atoms with Crippen molar-refractivity contribution in [1.29, 1.82) is 0 Å². The second-order valence-corrected chi connectivity index (χ2v) is 6.70. The topological polar surface area (TPSA) is 12.0 Å². The molecule has 0 spiro atoms. The molecule has 0 heterocycles. The Kier molecular flexibility index (Phi) is 2.99. The molecule has 0 saturated heterocycles. The first-order valence-electron chi connectivity index (χ1n) is 7.55. The molecule has 0 radical (unpaired) electrons. The minimum absolute atomic E-state index is 0.729. The maximum atomic E-state index is 3.89. The zero-order valence-electron chi connectivity index (χ0n) is 10.8. The zero-order valence-corrected chi connectivity index (χ0v) is 10.8. The molecule has 3 rings (SSSR count). The Bertz CT molecular complexity index is 240. The third kappa shape index (κ3) is 2.45. The molecule has 3 aliphatic rings. The van der Waals surface area contributed by atoms with E-state index in [0.717, 1.165) is 23.3 Å². The molecular formula is C15H27N. The predicted molar refractivity (Wildman–Crippen MR) is 68.4 cm³/mol. The van der Waals surface area contributed by atoms with E-state index in [1.54, 1.807) is 0 Å². The Labute approximate surface area is 100 Å². The molecule has 0 aromatic rings. The van der Waals surface area contributed by atoms with Gasteiger partial charge < -0.3 is 5.32 Å². The summed E-state index contributed by atoms with van der Waals surface area (Å²) in [4.78, 5) is 0. The third-order valence-electron chi connectivity index (χ3n) is 5.48. The Morgan fingerprint density at radius 2 is 1.88 bits per heavy atom. The van der Waals surface area contributed by atoms with E-state index in [0.29, 0.717) is 0 Å². The van der Waals surface area contributed by atoms with Crippen molar-refractivity contribution in [2.24, 2.45) is 17.3 Å². The van der Waals surface area contributed by atoms with E-state index < -0.39 is 0 Å². The summed E-state index contributed by atoms with van der Waals surface area (Å²) in [6, 6.07) is 0.864. The van der Waals surface area contributed by atoms with Gasteiger partial charge in [0.1, 0.15) is 0 Å². The maximum absolute atomic E-state index is 3.89. The molecule has 3 saturated carbocycles. The van der Waals surface area contributed by atoms with Crippen LogP contribution in [0.1, 0.15) is 64.7 Å². The van der Waals surface area contributed by atoms with Gasteiger partial charge in [0, 0.05) is 12.6 Å². The Balaban J connectivity index is 1.43. The van der Waals surface area contributed by atoms with Gasteiger partial charge in [0.2, 0.25) is 0 Å². The molecule has 2 atom stereocenters. The summed E-state index contributed by atoms with van der Waals surface area (Å²) in [6.07, 6.45) is 13.4. The summed E-state index contributed by atoms with van der Waals surface area (Å²) in [5, 5.41) is 3.89. The van der Waals surface area contributed by atoms with Crippen LogP contribution in [-0.4, -0.2) is 12.6 Å². The molecular weight excluding hydrogens is 194 g/mol. The van der Waals surface area contributed by atoms with Gasteiger partial charge in [-0.2, -0.15) is 0 Å². The van der Waals surface area contributed by atoms with Gasteiger partial charge in [0.05, 0.1) is 0 Å². The fourth-order valence-corrected chi connectivity index (χ4v) is 3.60. The van der Waals surface area contributed by atoms with Crippen LogP contribution in [0, 0.1) is 17.3 Å². The fourth-order valence-electron chi connectivity index (χ4n) is 3.60. The summed E-state index contributed by atoms with van der Waals surface area (Å²) < 4.78 is 0. The molecule has 1 N–H and O–H groups in total. The molecule has 2 unspecified atom stereocenters. The van der Waals surface area contributed by atoms with Gasteiger partial charge in [-0.15, -0.1) is 0 Å². The van der Waals surface area contributed by atoms with Crippen molar-refractivity contribution in [2.75, 3.05) is 6.54 Å². The highest BCUT2D eigenvalue weighted by Gasteiger charge is 2.41. The van der Waals surface area contributed by atoms with E-state index in [-0.39, 0.29) is 0 Å². The molecule has 0 aromatic heterocycles. The lowest BCUT2D eigenvalue weighted by atomic mass is 9.82. The van der Waals surface area contributed by atoms with Gasteiger partial charge in [0.15, 0.2) is 0 Å². The van der Waals surface area contributed by atoms with E-state index in [2.05, 4.69) is 12.2 Å². The average molecular weight is 221 g/mol. The van der Waals surface area contributed by atoms with Crippen LogP contribution in [0.3, 0.4) is 0 Å². The Hall–Kier alpha value is -0.0400. The minimum atomic E-state index is 0.729. The van der Waals surface area contributed by atoms with E-state index >= 15 is 0 Å². The lowest BCUT2D eigenvalue weighted by Gasteiger charge is -2.31. The molecule has 0 amide bonds. The van der Waals surface area contributed by atoms with E-state index in [4.69, 9.17) is 0 Å². The molecule has 1 nitrogen and oxygen atoms in total. The van der Waals surface area contributed by atoms with Crippen LogP contribution >= 0.6 is 0 Å². The van der Waals surface area contributed by atoms with Crippen molar-refractivity contribution in [1.82, 2.24) is 5.32 Å². The minimum Gasteiger partial charge on any atom is -0.313 e. The van der Waals surface area contributed by atoms with Crippen molar-refractivity contribution in [2.45, 2.75) is 70.8 Å². The van der Waals surface area contributed by atoms with Gasteiger partial charge in [-0.05, 0) is 62.2 Å². The van der Waals surface area contributed by atoms with Gasteiger partial charge >= 0.3 is 0 Å². The Morgan fingerprint density at radius 3 is 2.50 bits per heavy atom. The second kappa shape index (κ2) is 4.33. The highest BCUT2D eigenvalue weighted by Crippen LogP contribution is 2.48. The second-order valence-electron chi connectivity index (χ2n) is 6.70. The molecule has 1 heteroatoms. The zero-order chi connectivity index (χ0) is 11.0. The van der Waals surface area contributed by atoms with E-state index in [1.807, 2.05) is 0 Å². The summed E-state index contributed by atoms with van der Waals surface area (Å²) in [7, 11) is 0. The van der Waals surface area contributed by atoms with Crippen molar-refractivity contribution >= 4 is 0 Å². The van der Waals surface area contributed by atoms with Crippen molar-refractivity contribution in [3.8, 4) is 0 Å². The van der Waals surface area contributed by atoms with Crippen molar-refractivity contribution < 1.29 is 0 Å². The van der Waals surface area contributed by atoms with Gasteiger partial charge in [-0.1, -0.05) is 19.8 Å². The van der Waals surface area contributed by atoms with Gasteiger partial charge in [-0.3, -0.25) is 0 Å². The molecule has 92 valence electrons. The first kappa shape index (κ1) is 11.1. The maximum Gasteiger partial charge on any atom is 0.00700 e. The van der Waals surface area contributed by atoms with Gasteiger partial charge in [-0.25, -0.2) is 0 Å². The van der Waals surface area contributed by atoms with Crippen molar-refractivity contribution in [3.63, 3.8) is 0 Å². The third-order valence-corrected chi connectivity index (χ3v) is 5.48. The SMILES string of the molecule is CCC1(CNC2CCCC(C3CC3)C2)CC1. The number of hydrogen-bond donors (Lipinski definition) is 1. The van der Waals surface area contributed by atoms with Crippen LogP contribution in [0.5, 0.6) is 0 Å². The monoisotopic (exact) mass is 221 g/mol. The van der Waals surface area contributed by atoms with Crippen LogP contribution in [0.4, 0.5) is 0 Å². The normalized spacial score (nSPS) is 37.3. The summed E-state index contributed by atoms with van der Waals surface area (Å²) >= 11 is 0. The van der Waals surface area contributed by atoms with Crippen LogP contribution in [0.25, 0.3) is 0 Å². The molecule has 0 aromatic carbocycles. The lowest BCUT2D eigenvalue weighted by molar-refractivity contribution is 0.249. The number of hydrogen-bond acceptors (Lipinski definition) is 1. The molecule has 0 bridgehead atoms. The number of rotatable bonds is 5. The smallest absolute Gasteiger partial charge is 0.00700 e. The number of nitrogens with one attached hydrogen (secondary N) is 1. The largest absolute Gasteiger partial charge is 0.313 e. The first-order valence-corrected chi connectivity index (χ1v) is 7.55. The first-order chi connectivity index (χ1) is 7.81.